The van der Waals surface area contributed by atoms with Crippen LogP contribution in [0, 0.1) is 0 Å². The number of aliphatic hydroxyl groups excluding tert-OH is 1. The van der Waals surface area contributed by atoms with Gasteiger partial charge in [0, 0.05) is 24.5 Å². The third kappa shape index (κ3) is 3.13. The maximum absolute atomic E-state index is 8.85. The fourth-order valence-corrected chi connectivity index (χ4v) is 1.21. The zero-order chi connectivity index (χ0) is 9.68. The van der Waals surface area contributed by atoms with Crippen LogP contribution >= 0.6 is 0 Å². The predicted octanol–water partition coefficient (Wildman–Crippen LogP) is 1.11. The van der Waals surface area contributed by atoms with Gasteiger partial charge in [-0.05, 0) is 25.5 Å². The summed E-state index contributed by atoms with van der Waals surface area (Å²) in [6, 6.07) is 4.29. The summed E-state index contributed by atoms with van der Waals surface area (Å²) < 4.78 is 0. The third-order valence-corrected chi connectivity index (χ3v) is 1.99. The third-order valence-electron chi connectivity index (χ3n) is 1.99. The van der Waals surface area contributed by atoms with Crippen LogP contribution in [0.2, 0.25) is 0 Å². The van der Waals surface area contributed by atoms with E-state index in [9.17, 15) is 0 Å². The lowest BCUT2D eigenvalue weighted by Gasteiger charge is -2.17. The molecule has 0 saturated carbocycles. The first kappa shape index (κ1) is 10.2. The van der Waals surface area contributed by atoms with Crippen molar-refractivity contribution in [1.82, 2.24) is 10.3 Å². The normalized spacial score (nSPS) is 15.3. The van der Waals surface area contributed by atoms with Crippen molar-refractivity contribution in [2.75, 3.05) is 6.61 Å². The van der Waals surface area contributed by atoms with Crippen molar-refractivity contribution >= 4 is 0 Å². The molecular weight excluding hydrogens is 164 g/mol. The SMILES string of the molecule is C[C@H](CO)N[C@H](C)c1cccnc1. The molecule has 2 atom stereocenters. The lowest BCUT2D eigenvalue weighted by atomic mass is 10.1. The van der Waals surface area contributed by atoms with Crippen LogP contribution in [0.15, 0.2) is 24.5 Å². The Morgan fingerprint density at radius 1 is 1.54 bits per heavy atom. The van der Waals surface area contributed by atoms with Gasteiger partial charge in [-0.1, -0.05) is 6.07 Å². The van der Waals surface area contributed by atoms with E-state index in [0.29, 0.717) is 0 Å². The van der Waals surface area contributed by atoms with Crippen LogP contribution in [0.4, 0.5) is 0 Å². The Morgan fingerprint density at radius 3 is 2.85 bits per heavy atom. The van der Waals surface area contributed by atoms with Crippen molar-refractivity contribution in [1.29, 1.82) is 0 Å². The maximum Gasteiger partial charge on any atom is 0.0582 e. The summed E-state index contributed by atoms with van der Waals surface area (Å²) in [7, 11) is 0. The van der Waals surface area contributed by atoms with Gasteiger partial charge < -0.3 is 10.4 Å². The van der Waals surface area contributed by atoms with Crippen molar-refractivity contribution in [2.45, 2.75) is 25.9 Å². The summed E-state index contributed by atoms with van der Waals surface area (Å²) in [4.78, 5) is 4.04. The van der Waals surface area contributed by atoms with Crippen molar-refractivity contribution in [3.63, 3.8) is 0 Å². The summed E-state index contributed by atoms with van der Waals surface area (Å²) in [5, 5.41) is 12.1. The van der Waals surface area contributed by atoms with E-state index in [1.165, 1.54) is 0 Å². The number of pyridine rings is 1. The fourth-order valence-electron chi connectivity index (χ4n) is 1.21. The highest BCUT2D eigenvalue weighted by Crippen LogP contribution is 2.10. The Labute approximate surface area is 78.8 Å². The molecule has 0 aliphatic rings. The highest BCUT2D eigenvalue weighted by atomic mass is 16.3. The van der Waals surface area contributed by atoms with E-state index < -0.39 is 0 Å². The topological polar surface area (TPSA) is 45.1 Å². The molecule has 0 unspecified atom stereocenters. The minimum atomic E-state index is 0.121. The van der Waals surface area contributed by atoms with Crippen LogP contribution in [0.1, 0.15) is 25.5 Å². The Morgan fingerprint density at radius 2 is 2.31 bits per heavy atom. The molecule has 3 nitrogen and oxygen atoms in total. The van der Waals surface area contributed by atoms with Gasteiger partial charge in [-0.2, -0.15) is 0 Å². The molecule has 3 heteroatoms. The van der Waals surface area contributed by atoms with Gasteiger partial charge in [0.05, 0.1) is 6.61 Å². The molecule has 72 valence electrons. The van der Waals surface area contributed by atoms with E-state index in [1.54, 1.807) is 6.20 Å². The van der Waals surface area contributed by atoms with Gasteiger partial charge in [-0.3, -0.25) is 4.98 Å². The van der Waals surface area contributed by atoms with E-state index in [0.717, 1.165) is 5.56 Å². The van der Waals surface area contributed by atoms with Crippen LogP contribution in [0.25, 0.3) is 0 Å². The van der Waals surface area contributed by atoms with E-state index in [1.807, 2.05) is 25.3 Å². The minimum Gasteiger partial charge on any atom is -0.395 e. The van der Waals surface area contributed by atoms with Crippen LogP contribution in [-0.4, -0.2) is 22.7 Å². The summed E-state index contributed by atoms with van der Waals surface area (Å²) in [6.07, 6.45) is 3.59. The molecule has 0 amide bonds. The molecule has 1 aromatic heterocycles. The first-order chi connectivity index (χ1) is 6.24. The second-order valence-electron chi connectivity index (χ2n) is 3.26. The lowest BCUT2D eigenvalue weighted by Crippen LogP contribution is -2.31. The maximum atomic E-state index is 8.85. The second kappa shape index (κ2) is 4.94. The minimum absolute atomic E-state index is 0.121. The monoisotopic (exact) mass is 180 g/mol. The highest BCUT2D eigenvalue weighted by molar-refractivity contribution is 5.12. The van der Waals surface area contributed by atoms with Crippen LogP contribution in [-0.2, 0) is 0 Å². The second-order valence-corrected chi connectivity index (χ2v) is 3.26. The van der Waals surface area contributed by atoms with Crippen LogP contribution < -0.4 is 5.32 Å². The number of rotatable bonds is 4. The van der Waals surface area contributed by atoms with Gasteiger partial charge in [0.1, 0.15) is 0 Å². The zero-order valence-corrected chi connectivity index (χ0v) is 8.07. The average Bonchev–Trinajstić information content (AvgIpc) is 2.19. The number of aromatic nitrogens is 1. The Balaban J connectivity index is 2.53. The van der Waals surface area contributed by atoms with Crippen LogP contribution in [0.3, 0.4) is 0 Å². The Kier molecular flexibility index (Phi) is 3.86. The first-order valence-corrected chi connectivity index (χ1v) is 4.51. The molecule has 2 N–H and O–H groups in total. The van der Waals surface area contributed by atoms with Gasteiger partial charge in [-0.15, -0.1) is 0 Å². The summed E-state index contributed by atoms with van der Waals surface area (Å²) in [5.74, 6) is 0. The predicted molar refractivity (Wildman–Crippen MR) is 52.3 cm³/mol. The molecule has 0 saturated heterocycles. The van der Waals surface area contributed by atoms with Gasteiger partial charge >= 0.3 is 0 Å². The molecule has 0 aromatic carbocycles. The summed E-state index contributed by atoms with van der Waals surface area (Å²) in [6.45, 7) is 4.17. The molecule has 0 aliphatic heterocycles. The molecule has 0 spiro atoms. The first-order valence-electron chi connectivity index (χ1n) is 4.51. The van der Waals surface area contributed by atoms with Crippen molar-refractivity contribution in [2.24, 2.45) is 0 Å². The van der Waals surface area contributed by atoms with Gasteiger partial charge in [0.25, 0.3) is 0 Å². The number of nitrogens with zero attached hydrogens (tertiary/aromatic N) is 1. The lowest BCUT2D eigenvalue weighted by molar-refractivity contribution is 0.243. The molecule has 0 fully saturated rings. The summed E-state index contributed by atoms with van der Waals surface area (Å²) in [5.41, 5.74) is 1.14. The zero-order valence-electron chi connectivity index (χ0n) is 8.07. The molecule has 1 aromatic rings. The smallest absolute Gasteiger partial charge is 0.0582 e. The Hall–Kier alpha value is -0.930. The van der Waals surface area contributed by atoms with E-state index >= 15 is 0 Å². The molecule has 1 rings (SSSR count). The van der Waals surface area contributed by atoms with Gasteiger partial charge in [-0.25, -0.2) is 0 Å². The highest BCUT2D eigenvalue weighted by Gasteiger charge is 2.07. The van der Waals surface area contributed by atoms with E-state index in [-0.39, 0.29) is 18.7 Å². The number of hydrogen-bond donors (Lipinski definition) is 2. The fraction of sp³-hybridized carbons (Fsp3) is 0.500. The van der Waals surface area contributed by atoms with Gasteiger partial charge in [0.2, 0.25) is 0 Å². The molecule has 0 radical (unpaired) electrons. The molecule has 0 aliphatic carbocycles. The van der Waals surface area contributed by atoms with Crippen molar-refractivity contribution in [3.05, 3.63) is 30.1 Å². The Bertz CT molecular complexity index is 238. The number of nitrogens with one attached hydrogen (secondary N) is 1. The average molecular weight is 180 g/mol. The quantitative estimate of drug-likeness (QED) is 0.729. The molecule has 0 bridgehead atoms. The number of hydrogen-bond acceptors (Lipinski definition) is 3. The molecular formula is C10H16N2O. The van der Waals surface area contributed by atoms with Crippen LogP contribution in [0.5, 0.6) is 0 Å². The van der Waals surface area contributed by atoms with Gasteiger partial charge in [0.15, 0.2) is 0 Å². The number of aliphatic hydroxyl groups is 1. The molecule has 13 heavy (non-hydrogen) atoms. The van der Waals surface area contributed by atoms with Crippen molar-refractivity contribution < 1.29 is 5.11 Å². The summed E-state index contributed by atoms with van der Waals surface area (Å²) >= 11 is 0. The standard InChI is InChI=1S/C10H16N2O/c1-8(7-13)12-9(2)10-4-3-5-11-6-10/h3-6,8-9,12-13H,7H2,1-2H3/t8-,9-/m1/s1. The van der Waals surface area contributed by atoms with E-state index in [2.05, 4.69) is 17.2 Å². The van der Waals surface area contributed by atoms with Crippen molar-refractivity contribution in [3.8, 4) is 0 Å². The largest absolute Gasteiger partial charge is 0.395 e. The van der Waals surface area contributed by atoms with E-state index in [4.69, 9.17) is 5.11 Å². The molecule has 1 heterocycles.